The zero-order chi connectivity index (χ0) is 14.0. The summed E-state index contributed by atoms with van der Waals surface area (Å²) in [6.07, 6.45) is 0.934. The van der Waals surface area contributed by atoms with E-state index in [4.69, 9.17) is 9.47 Å². The van der Waals surface area contributed by atoms with Crippen LogP contribution in [0.5, 0.6) is 0 Å². The van der Waals surface area contributed by atoms with Crippen LogP contribution in [0.4, 0.5) is 0 Å². The number of ketones is 1. The fraction of sp³-hybridized carbons (Fsp3) is 0.636. The van der Waals surface area contributed by atoms with Gasteiger partial charge in [0.05, 0.1) is 25.1 Å². The van der Waals surface area contributed by atoms with Gasteiger partial charge in [0.15, 0.2) is 15.7 Å². The Morgan fingerprint density at radius 3 is 2.68 bits per heavy atom. The zero-order valence-corrected chi connectivity index (χ0v) is 11.6. The number of carbonyl (C=O) groups is 1. The van der Waals surface area contributed by atoms with Gasteiger partial charge in [-0.1, -0.05) is 6.92 Å². The Morgan fingerprint density at radius 1 is 1.47 bits per heavy atom. The number of carbonyl (C=O) groups excluding carboxylic acids is 1. The Hall–Kier alpha value is -1.25. The molecule has 2 rings (SSSR count). The van der Waals surface area contributed by atoms with Crippen molar-refractivity contribution in [2.75, 3.05) is 24.7 Å². The topological polar surface area (TPSA) is 87.5 Å². The van der Waals surface area contributed by atoms with E-state index in [2.05, 4.69) is 4.98 Å². The van der Waals surface area contributed by atoms with E-state index in [9.17, 15) is 13.2 Å². The van der Waals surface area contributed by atoms with E-state index in [-0.39, 0.29) is 11.6 Å². The molecule has 0 amide bonds. The maximum absolute atomic E-state index is 11.9. The molecule has 0 aliphatic carbocycles. The van der Waals surface area contributed by atoms with Crippen molar-refractivity contribution in [1.29, 1.82) is 0 Å². The van der Waals surface area contributed by atoms with Gasteiger partial charge in [-0.25, -0.2) is 13.4 Å². The van der Waals surface area contributed by atoms with Crippen LogP contribution in [0.3, 0.4) is 0 Å². The van der Waals surface area contributed by atoms with Gasteiger partial charge in [0.1, 0.15) is 5.75 Å². The summed E-state index contributed by atoms with van der Waals surface area (Å²) in [5.74, 6) is -1.01. The lowest BCUT2D eigenvalue weighted by atomic mass is 10.4. The minimum atomic E-state index is -3.36. The molecule has 1 saturated heterocycles. The van der Waals surface area contributed by atoms with Crippen molar-refractivity contribution in [2.24, 2.45) is 7.05 Å². The van der Waals surface area contributed by atoms with Crippen LogP contribution < -0.4 is 0 Å². The molecular weight excluding hydrogens is 272 g/mol. The molecule has 1 aliphatic rings. The average Bonchev–Trinajstić information content (AvgIpc) is 2.97. The number of ether oxygens (including phenoxy) is 2. The molecule has 7 nitrogen and oxygen atoms in total. The first kappa shape index (κ1) is 14.2. The number of sulfone groups is 1. The van der Waals surface area contributed by atoms with E-state index in [1.807, 2.05) is 0 Å². The quantitative estimate of drug-likeness (QED) is 0.713. The SMILES string of the molecule is CCS(=O)(=O)CC(=O)c1ncc(C2OCCO2)n1C. The normalized spacial score (nSPS) is 16.9. The number of nitrogens with zero attached hydrogens (tertiary/aromatic N) is 2. The molecule has 8 heteroatoms. The Labute approximate surface area is 111 Å². The van der Waals surface area contributed by atoms with Crippen molar-refractivity contribution in [3.05, 3.63) is 17.7 Å². The highest BCUT2D eigenvalue weighted by atomic mass is 32.2. The zero-order valence-electron chi connectivity index (χ0n) is 10.8. The van der Waals surface area contributed by atoms with Gasteiger partial charge in [0.25, 0.3) is 0 Å². The van der Waals surface area contributed by atoms with Crippen LogP contribution in [-0.4, -0.2) is 48.5 Å². The van der Waals surface area contributed by atoms with Crippen LogP contribution in [0.1, 0.15) is 29.5 Å². The molecule has 0 N–H and O–H groups in total. The molecule has 0 atom stereocenters. The Kier molecular flexibility index (Phi) is 4.02. The summed E-state index contributed by atoms with van der Waals surface area (Å²) in [7, 11) is -1.72. The van der Waals surface area contributed by atoms with E-state index in [1.165, 1.54) is 17.7 Å². The monoisotopic (exact) mass is 288 g/mol. The molecule has 106 valence electrons. The fourth-order valence-electron chi connectivity index (χ4n) is 1.80. The predicted molar refractivity (Wildman–Crippen MR) is 66.5 cm³/mol. The molecule has 2 heterocycles. The second-order valence-corrected chi connectivity index (χ2v) is 6.59. The van der Waals surface area contributed by atoms with Crippen molar-refractivity contribution >= 4 is 15.6 Å². The van der Waals surface area contributed by atoms with E-state index in [0.29, 0.717) is 18.9 Å². The smallest absolute Gasteiger partial charge is 0.213 e. The first-order chi connectivity index (χ1) is 8.94. The van der Waals surface area contributed by atoms with Crippen LogP contribution in [0, 0.1) is 0 Å². The molecule has 1 fully saturated rings. The number of imidazole rings is 1. The summed E-state index contributed by atoms with van der Waals surface area (Å²) in [4.78, 5) is 15.9. The van der Waals surface area contributed by atoms with Gasteiger partial charge in [0.2, 0.25) is 12.1 Å². The highest BCUT2D eigenvalue weighted by Crippen LogP contribution is 2.23. The van der Waals surface area contributed by atoms with Crippen LogP contribution in [0.15, 0.2) is 6.20 Å². The van der Waals surface area contributed by atoms with Gasteiger partial charge in [-0.05, 0) is 0 Å². The molecule has 0 bridgehead atoms. The number of aromatic nitrogens is 2. The minimum absolute atomic E-state index is 0.0646. The maximum atomic E-state index is 11.9. The van der Waals surface area contributed by atoms with Crippen LogP contribution in [0.2, 0.25) is 0 Å². The third kappa shape index (κ3) is 3.02. The third-order valence-electron chi connectivity index (χ3n) is 2.93. The van der Waals surface area contributed by atoms with E-state index < -0.39 is 27.7 Å². The number of hydrogen-bond acceptors (Lipinski definition) is 6. The number of rotatable bonds is 5. The minimum Gasteiger partial charge on any atom is -0.345 e. The van der Waals surface area contributed by atoms with Crippen molar-refractivity contribution in [1.82, 2.24) is 9.55 Å². The van der Waals surface area contributed by atoms with Crippen LogP contribution in [0.25, 0.3) is 0 Å². The van der Waals surface area contributed by atoms with Gasteiger partial charge in [-0.3, -0.25) is 4.79 Å². The summed E-state index contributed by atoms with van der Waals surface area (Å²) in [6, 6.07) is 0. The van der Waals surface area contributed by atoms with Crippen molar-refractivity contribution in [3.63, 3.8) is 0 Å². The van der Waals surface area contributed by atoms with Crippen molar-refractivity contribution in [3.8, 4) is 0 Å². The summed E-state index contributed by atoms with van der Waals surface area (Å²) < 4.78 is 35.1. The number of Topliss-reactive ketones (excluding diaryl/α,β-unsaturated/α-hetero) is 1. The predicted octanol–water partition coefficient (Wildman–Crippen LogP) is 0.0829. The average molecular weight is 288 g/mol. The molecule has 1 aromatic heterocycles. The summed E-state index contributed by atoms with van der Waals surface area (Å²) >= 11 is 0. The summed E-state index contributed by atoms with van der Waals surface area (Å²) in [5.41, 5.74) is 0.606. The van der Waals surface area contributed by atoms with Gasteiger partial charge in [0, 0.05) is 12.8 Å². The molecule has 1 aromatic rings. The lowest BCUT2D eigenvalue weighted by Crippen LogP contribution is -2.21. The lowest BCUT2D eigenvalue weighted by Gasteiger charge is -2.10. The summed E-state index contributed by atoms with van der Waals surface area (Å²) in [6.45, 7) is 2.49. The van der Waals surface area contributed by atoms with Gasteiger partial charge >= 0.3 is 0 Å². The second-order valence-electron chi connectivity index (χ2n) is 4.24. The highest BCUT2D eigenvalue weighted by molar-refractivity contribution is 7.92. The Bertz CT molecular complexity index is 572. The van der Waals surface area contributed by atoms with E-state index >= 15 is 0 Å². The van der Waals surface area contributed by atoms with Crippen LogP contribution >= 0.6 is 0 Å². The molecule has 0 radical (unpaired) electrons. The first-order valence-corrected chi connectivity index (χ1v) is 7.75. The molecule has 1 aliphatic heterocycles. The molecular formula is C11H16N2O5S. The lowest BCUT2D eigenvalue weighted by molar-refractivity contribution is -0.0492. The van der Waals surface area contributed by atoms with Gasteiger partial charge in [-0.15, -0.1) is 0 Å². The highest BCUT2D eigenvalue weighted by Gasteiger charge is 2.26. The van der Waals surface area contributed by atoms with E-state index in [1.54, 1.807) is 7.05 Å². The Morgan fingerprint density at radius 2 is 2.11 bits per heavy atom. The molecule has 0 aromatic carbocycles. The van der Waals surface area contributed by atoms with Crippen LogP contribution in [-0.2, 0) is 26.4 Å². The van der Waals surface area contributed by atoms with Crippen molar-refractivity contribution in [2.45, 2.75) is 13.2 Å². The van der Waals surface area contributed by atoms with Crippen molar-refractivity contribution < 1.29 is 22.7 Å². The summed E-state index contributed by atoms with van der Waals surface area (Å²) in [5, 5.41) is 0. The molecule has 0 saturated carbocycles. The van der Waals surface area contributed by atoms with E-state index in [0.717, 1.165) is 0 Å². The number of hydrogen-bond donors (Lipinski definition) is 0. The molecule has 0 spiro atoms. The fourth-order valence-corrected chi connectivity index (χ4v) is 2.53. The largest absolute Gasteiger partial charge is 0.345 e. The Balaban J connectivity index is 2.19. The van der Waals surface area contributed by atoms with Gasteiger partial charge in [-0.2, -0.15) is 0 Å². The first-order valence-electron chi connectivity index (χ1n) is 5.93. The third-order valence-corrected chi connectivity index (χ3v) is 4.51. The van der Waals surface area contributed by atoms with Gasteiger partial charge < -0.3 is 14.0 Å². The second kappa shape index (κ2) is 5.40. The molecule has 19 heavy (non-hydrogen) atoms. The molecule has 0 unspecified atom stereocenters. The maximum Gasteiger partial charge on any atom is 0.213 e. The standard InChI is InChI=1S/C11H16N2O5S/c1-3-19(15,16)7-9(14)10-12-6-8(13(10)2)11-17-4-5-18-11/h6,11H,3-5,7H2,1-2H3.